The topological polar surface area (TPSA) is 87.1 Å². The number of H-pyrrole nitrogens is 1. The average Bonchev–Trinajstić information content (AvgIpc) is 2.93. The van der Waals surface area contributed by atoms with Crippen LogP contribution in [0.4, 0.5) is 0 Å². The maximum atomic E-state index is 12.5. The van der Waals surface area contributed by atoms with E-state index >= 15 is 0 Å². The molecule has 1 aliphatic carbocycles. The molecule has 1 saturated carbocycles. The molecule has 2 amide bonds. The molecule has 0 saturated heterocycles. The summed E-state index contributed by atoms with van der Waals surface area (Å²) in [5.74, 6) is -0.380. The summed E-state index contributed by atoms with van der Waals surface area (Å²) in [4.78, 5) is 27.7. The van der Waals surface area contributed by atoms with Crippen molar-refractivity contribution in [2.24, 2.45) is 5.92 Å². The van der Waals surface area contributed by atoms with Crippen LogP contribution in [0.15, 0.2) is 22.6 Å². The normalized spacial score (nSPS) is 21.1. The van der Waals surface area contributed by atoms with E-state index in [9.17, 15) is 9.59 Å². The SMILES string of the molecule is CNC(=O)[C@@H]1CCCC[C@H]1NC(=O)c1ccc2[nH]c(=S)oc2c1. The van der Waals surface area contributed by atoms with Gasteiger partial charge in [0.05, 0.1) is 11.4 Å². The summed E-state index contributed by atoms with van der Waals surface area (Å²) < 4.78 is 5.34. The Kier molecular flexibility index (Phi) is 4.47. The average molecular weight is 333 g/mol. The van der Waals surface area contributed by atoms with Gasteiger partial charge >= 0.3 is 0 Å². The highest BCUT2D eigenvalue weighted by molar-refractivity contribution is 7.71. The number of benzene rings is 1. The molecule has 3 N–H and O–H groups in total. The van der Waals surface area contributed by atoms with Crippen LogP contribution in [-0.2, 0) is 4.79 Å². The van der Waals surface area contributed by atoms with E-state index in [2.05, 4.69) is 15.6 Å². The van der Waals surface area contributed by atoms with Crippen LogP contribution in [0, 0.1) is 10.8 Å². The number of carbonyl (C=O) groups is 2. The lowest BCUT2D eigenvalue weighted by molar-refractivity contribution is -0.126. The van der Waals surface area contributed by atoms with Crippen LogP contribution < -0.4 is 10.6 Å². The second-order valence-corrected chi connectivity index (χ2v) is 6.18. The number of rotatable bonds is 3. The van der Waals surface area contributed by atoms with Crippen molar-refractivity contribution in [3.05, 3.63) is 28.6 Å². The minimum absolute atomic E-state index is 0.0122. The zero-order chi connectivity index (χ0) is 16.4. The quantitative estimate of drug-likeness (QED) is 0.753. The number of nitrogens with one attached hydrogen (secondary N) is 3. The minimum atomic E-state index is -0.199. The van der Waals surface area contributed by atoms with Crippen molar-refractivity contribution >= 4 is 35.1 Å². The number of aromatic amines is 1. The molecule has 1 aromatic carbocycles. The standard InChI is InChI=1S/C16H19N3O3S/c1-17-15(21)10-4-2-3-5-11(10)18-14(20)9-6-7-12-13(8-9)22-16(23)19-12/h6-8,10-11H,2-5H2,1H3,(H,17,21)(H,18,20)(H,19,23)/t10-,11-/m1/s1. The van der Waals surface area contributed by atoms with Gasteiger partial charge < -0.3 is 20.0 Å². The zero-order valence-electron chi connectivity index (χ0n) is 12.8. The fraction of sp³-hybridized carbons (Fsp3) is 0.438. The summed E-state index contributed by atoms with van der Waals surface area (Å²) in [6, 6.07) is 5.01. The van der Waals surface area contributed by atoms with Crippen molar-refractivity contribution in [3.8, 4) is 0 Å². The molecule has 3 rings (SSSR count). The molecule has 7 heteroatoms. The number of carbonyl (C=O) groups excluding carboxylic acids is 2. The zero-order valence-corrected chi connectivity index (χ0v) is 13.7. The van der Waals surface area contributed by atoms with Crippen molar-refractivity contribution < 1.29 is 14.0 Å². The van der Waals surface area contributed by atoms with Crippen LogP contribution >= 0.6 is 12.2 Å². The van der Waals surface area contributed by atoms with Crippen molar-refractivity contribution in [2.75, 3.05) is 7.05 Å². The van der Waals surface area contributed by atoms with Crippen LogP contribution in [0.5, 0.6) is 0 Å². The third-order valence-electron chi connectivity index (χ3n) is 4.35. The van der Waals surface area contributed by atoms with Gasteiger partial charge in [-0.1, -0.05) is 12.8 Å². The Morgan fingerprint density at radius 1 is 1.30 bits per heavy atom. The highest BCUT2D eigenvalue weighted by Gasteiger charge is 2.31. The summed E-state index contributed by atoms with van der Waals surface area (Å²) in [7, 11) is 1.63. The first-order valence-electron chi connectivity index (χ1n) is 7.74. The first kappa shape index (κ1) is 15.7. The molecular weight excluding hydrogens is 314 g/mol. The minimum Gasteiger partial charge on any atom is -0.429 e. The van der Waals surface area contributed by atoms with Gasteiger partial charge in [0.1, 0.15) is 0 Å². The lowest BCUT2D eigenvalue weighted by Crippen LogP contribution is -2.47. The van der Waals surface area contributed by atoms with Gasteiger partial charge in [-0.2, -0.15) is 0 Å². The molecule has 1 heterocycles. The highest BCUT2D eigenvalue weighted by atomic mass is 32.1. The Morgan fingerprint density at radius 3 is 2.87 bits per heavy atom. The van der Waals surface area contributed by atoms with Crippen LogP contribution in [0.25, 0.3) is 11.1 Å². The number of hydrogen-bond acceptors (Lipinski definition) is 4. The molecule has 0 spiro atoms. The van der Waals surface area contributed by atoms with E-state index < -0.39 is 0 Å². The van der Waals surface area contributed by atoms with E-state index in [1.165, 1.54) is 0 Å². The molecule has 0 aliphatic heterocycles. The first-order valence-corrected chi connectivity index (χ1v) is 8.14. The lowest BCUT2D eigenvalue weighted by atomic mass is 9.83. The summed E-state index contributed by atoms with van der Waals surface area (Å²) in [6.45, 7) is 0. The molecule has 2 aromatic rings. The molecule has 6 nitrogen and oxygen atoms in total. The van der Waals surface area contributed by atoms with Gasteiger partial charge in [-0.05, 0) is 43.3 Å². The summed E-state index contributed by atoms with van der Waals surface area (Å²) in [5.41, 5.74) is 1.80. The van der Waals surface area contributed by atoms with Gasteiger partial charge in [0, 0.05) is 18.7 Å². The largest absolute Gasteiger partial charge is 0.429 e. The number of oxazole rings is 1. The Labute approximate surface area is 138 Å². The van der Waals surface area contributed by atoms with Gasteiger partial charge in [0.2, 0.25) is 5.91 Å². The Bertz CT molecular complexity index is 795. The fourth-order valence-electron chi connectivity index (χ4n) is 3.14. The van der Waals surface area contributed by atoms with Crippen molar-refractivity contribution in [1.29, 1.82) is 0 Å². The molecule has 23 heavy (non-hydrogen) atoms. The van der Waals surface area contributed by atoms with Gasteiger partial charge in [-0.15, -0.1) is 0 Å². The van der Waals surface area contributed by atoms with Gasteiger partial charge in [0.25, 0.3) is 10.7 Å². The molecule has 0 unspecified atom stereocenters. The van der Waals surface area contributed by atoms with E-state index in [4.69, 9.17) is 16.6 Å². The predicted molar refractivity (Wildman–Crippen MR) is 88.7 cm³/mol. The van der Waals surface area contributed by atoms with Crippen molar-refractivity contribution in [1.82, 2.24) is 15.6 Å². The molecule has 0 radical (unpaired) electrons. The number of aromatic nitrogens is 1. The lowest BCUT2D eigenvalue weighted by Gasteiger charge is -2.30. The van der Waals surface area contributed by atoms with Crippen LogP contribution in [0.2, 0.25) is 0 Å². The van der Waals surface area contributed by atoms with E-state index in [0.717, 1.165) is 31.2 Å². The molecule has 2 atom stereocenters. The number of fused-ring (bicyclic) bond motifs is 1. The first-order chi connectivity index (χ1) is 11.1. The van der Waals surface area contributed by atoms with Crippen molar-refractivity contribution in [2.45, 2.75) is 31.7 Å². The monoisotopic (exact) mass is 333 g/mol. The van der Waals surface area contributed by atoms with Crippen LogP contribution in [0.1, 0.15) is 36.0 Å². The summed E-state index contributed by atoms with van der Waals surface area (Å²) in [6.07, 6.45) is 3.65. The second kappa shape index (κ2) is 6.54. The second-order valence-electron chi connectivity index (χ2n) is 5.81. The molecule has 1 aliphatic rings. The number of amides is 2. The van der Waals surface area contributed by atoms with Crippen LogP contribution in [0.3, 0.4) is 0 Å². The van der Waals surface area contributed by atoms with E-state index in [1.807, 2.05) is 0 Å². The fourth-order valence-corrected chi connectivity index (χ4v) is 3.34. The van der Waals surface area contributed by atoms with Gasteiger partial charge in [0.15, 0.2) is 5.58 Å². The van der Waals surface area contributed by atoms with E-state index in [0.29, 0.717) is 11.1 Å². The molecular formula is C16H19N3O3S. The Balaban J connectivity index is 1.78. The van der Waals surface area contributed by atoms with E-state index in [-0.39, 0.29) is 28.6 Å². The molecule has 0 bridgehead atoms. The molecule has 122 valence electrons. The van der Waals surface area contributed by atoms with Crippen LogP contribution in [-0.4, -0.2) is 29.9 Å². The van der Waals surface area contributed by atoms with E-state index in [1.54, 1.807) is 25.2 Å². The maximum Gasteiger partial charge on any atom is 0.266 e. The third-order valence-corrected chi connectivity index (χ3v) is 4.53. The van der Waals surface area contributed by atoms with Gasteiger partial charge in [-0.25, -0.2) is 0 Å². The maximum absolute atomic E-state index is 12.5. The predicted octanol–water partition coefficient (Wildman–Crippen LogP) is 2.52. The molecule has 1 fully saturated rings. The Hall–Kier alpha value is -2.15. The van der Waals surface area contributed by atoms with Gasteiger partial charge in [-0.3, -0.25) is 9.59 Å². The number of hydrogen-bond donors (Lipinski definition) is 3. The summed E-state index contributed by atoms with van der Waals surface area (Å²) in [5, 5.41) is 5.68. The third kappa shape index (κ3) is 3.29. The summed E-state index contributed by atoms with van der Waals surface area (Å²) >= 11 is 4.94. The highest BCUT2D eigenvalue weighted by Crippen LogP contribution is 2.25. The smallest absolute Gasteiger partial charge is 0.266 e. The van der Waals surface area contributed by atoms with Crippen molar-refractivity contribution in [3.63, 3.8) is 0 Å². The Morgan fingerprint density at radius 2 is 2.09 bits per heavy atom. The molecule has 1 aromatic heterocycles.